The van der Waals surface area contributed by atoms with Crippen molar-refractivity contribution in [2.45, 2.75) is 38.1 Å². The van der Waals surface area contributed by atoms with E-state index in [1.165, 1.54) is 5.56 Å². The van der Waals surface area contributed by atoms with Gasteiger partial charge in [0.1, 0.15) is 0 Å². The van der Waals surface area contributed by atoms with Crippen molar-refractivity contribution in [2.24, 2.45) is 17.6 Å². The highest BCUT2D eigenvalue weighted by Crippen LogP contribution is 2.33. The standard InChI is InChI=1S/C29H32BrN5O/c30-24-14-22(21-10-11-25-27(16-21)34-35-28(25)32)13-23(15-24)26(12-18-4-2-1-3-5-18)33-29(36)20-8-6-19(17-31)7-9-20/h1-5,10-11,13-16,19-20,26H,6-9,12,17,31H2,(H,33,36)(H3,32,34,35)/t19-,20-,26?. The highest BCUT2D eigenvalue weighted by Gasteiger charge is 2.28. The first-order chi connectivity index (χ1) is 17.5. The molecule has 1 saturated carbocycles. The lowest BCUT2D eigenvalue weighted by molar-refractivity contribution is -0.127. The zero-order valence-corrected chi connectivity index (χ0v) is 21.8. The first kappa shape index (κ1) is 24.5. The van der Waals surface area contributed by atoms with Crippen molar-refractivity contribution in [3.8, 4) is 11.1 Å². The molecule has 1 atom stereocenters. The molecule has 6 nitrogen and oxygen atoms in total. The van der Waals surface area contributed by atoms with Crippen LogP contribution in [-0.4, -0.2) is 22.6 Å². The van der Waals surface area contributed by atoms with E-state index in [1.54, 1.807) is 0 Å². The monoisotopic (exact) mass is 545 g/mol. The number of nitrogens with one attached hydrogen (secondary N) is 2. The summed E-state index contributed by atoms with van der Waals surface area (Å²) in [6, 6.07) is 22.7. The molecule has 1 aliphatic carbocycles. The van der Waals surface area contributed by atoms with Crippen LogP contribution in [0.1, 0.15) is 42.9 Å². The number of nitrogens with zero attached hydrogens (tertiary/aromatic N) is 1. The van der Waals surface area contributed by atoms with Gasteiger partial charge in [-0.3, -0.25) is 9.89 Å². The number of rotatable bonds is 7. The van der Waals surface area contributed by atoms with Crippen molar-refractivity contribution >= 4 is 38.6 Å². The summed E-state index contributed by atoms with van der Waals surface area (Å²) in [5.74, 6) is 1.23. The molecule has 0 spiro atoms. The Balaban J connectivity index is 1.45. The van der Waals surface area contributed by atoms with Gasteiger partial charge in [0.15, 0.2) is 5.82 Å². The van der Waals surface area contributed by atoms with Gasteiger partial charge in [0.25, 0.3) is 0 Å². The first-order valence-corrected chi connectivity index (χ1v) is 13.4. The van der Waals surface area contributed by atoms with Crippen molar-refractivity contribution in [3.05, 3.63) is 82.3 Å². The molecule has 0 radical (unpaired) electrons. The lowest BCUT2D eigenvalue weighted by Crippen LogP contribution is -2.37. The van der Waals surface area contributed by atoms with Crippen LogP contribution in [-0.2, 0) is 11.2 Å². The zero-order valence-electron chi connectivity index (χ0n) is 20.2. The zero-order chi connectivity index (χ0) is 25.1. The molecule has 186 valence electrons. The maximum absolute atomic E-state index is 13.4. The van der Waals surface area contributed by atoms with E-state index in [2.05, 4.69) is 73.9 Å². The quantitative estimate of drug-likeness (QED) is 0.237. The molecule has 3 aromatic carbocycles. The van der Waals surface area contributed by atoms with Crippen LogP contribution in [0.5, 0.6) is 0 Å². The van der Waals surface area contributed by atoms with Gasteiger partial charge in [0, 0.05) is 15.8 Å². The summed E-state index contributed by atoms with van der Waals surface area (Å²) in [4.78, 5) is 13.4. The van der Waals surface area contributed by atoms with Gasteiger partial charge in [0.2, 0.25) is 5.91 Å². The number of carbonyl (C=O) groups excluding carboxylic acids is 1. The summed E-state index contributed by atoms with van der Waals surface area (Å²) in [5, 5.41) is 11.4. The topological polar surface area (TPSA) is 110 Å². The number of nitrogen functional groups attached to an aromatic ring is 1. The second-order valence-corrected chi connectivity index (χ2v) is 10.8. The molecule has 6 N–H and O–H groups in total. The van der Waals surface area contributed by atoms with E-state index in [-0.39, 0.29) is 17.9 Å². The minimum atomic E-state index is -0.144. The van der Waals surface area contributed by atoms with Crippen LogP contribution < -0.4 is 16.8 Å². The molecule has 1 fully saturated rings. The summed E-state index contributed by atoms with van der Waals surface area (Å²) < 4.78 is 0.968. The third-order valence-electron chi connectivity index (χ3n) is 7.40. The summed E-state index contributed by atoms with van der Waals surface area (Å²) in [6.07, 6.45) is 4.58. The SMILES string of the molecule is NC[C@H]1CC[C@H](C(=O)NC(Cc2ccccc2)c2cc(Br)cc(-c3ccc4c(N)n[nH]c4c3)c2)CC1. The minimum absolute atomic E-state index is 0.0472. The van der Waals surface area contributed by atoms with Gasteiger partial charge in [-0.05, 0) is 97.2 Å². The molecule has 0 bridgehead atoms. The van der Waals surface area contributed by atoms with Crippen molar-refractivity contribution in [2.75, 3.05) is 12.3 Å². The number of amides is 1. The fourth-order valence-corrected chi connectivity index (χ4v) is 5.76. The third-order valence-corrected chi connectivity index (χ3v) is 7.86. The van der Waals surface area contributed by atoms with Gasteiger partial charge in [-0.2, -0.15) is 5.10 Å². The van der Waals surface area contributed by atoms with E-state index in [0.29, 0.717) is 18.3 Å². The van der Waals surface area contributed by atoms with E-state index < -0.39 is 0 Å². The Hall–Kier alpha value is -3.16. The van der Waals surface area contributed by atoms with E-state index in [4.69, 9.17) is 11.5 Å². The first-order valence-electron chi connectivity index (χ1n) is 12.6. The Morgan fingerprint density at radius 3 is 2.56 bits per heavy atom. The Kier molecular flexibility index (Phi) is 7.39. The minimum Gasteiger partial charge on any atom is -0.382 e. The van der Waals surface area contributed by atoms with Gasteiger partial charge >= 0.3 is 0 Å². The van der Waals surface area contributed by atoms with Crippen LogP contribution in [0.3, 0.4) is 0 Å². The molecule has 1 heterocycles. The van der Waals surface area contributed by atoms with Gasteiger partial charge in [-0.15, -0.1) is 0 Å². The maximum atomic E-state index is 13.4. The van der Waals surface area contributed by atoms with E-state index >= 15 is 0 Å². The molecular formula is C29H32BrN5O. The van der Waals surface area contributed by atoms with Crippen molar-refractivity contribution in [3.63, 3.8) is 0 Å². The number of anilines is 1. The lowest BCUT2D eigenvalue weighted by atomic mass is 9.81. The van der Waals surface area contributed by atoms with Crippen LogP contribution >= 0.6 is 15.9 Å². The molecule has 5 rings (SSSR count). The summed E-state index contributed by atoms with van der Waals surface area (Å²) in [6.45, 7) is 0.711. The summed E-state index contributed by atoms with van der Waals surface area (Å²) in [7, 11) is 0. The van der Waals surface area contributed by atoms with Crippen molar-refractivity contribution in [1.29, 1.82) is 0 Å². The van der Waals surface area contributed by atoms with Crippen molar-refractivity contribution < 1.29 is 4.79 Å². The lowest BCUT2D eigenvalue weighted by Gasteiger charge is -2.29. The average molecular weight is 547 g/mol. The molecule has 36 heavy (non-hydrogen) atoms. The van der Waals surface area contributed by atoms with E-state index in [9.17, 15) is 4.79 Å². The molecule has 7 heteroatoms. The van der Waals surface area contributed by atoms with Crippen LogP contribution in [0.25, 0.3) is 22.0 Å². The summed E-state index contributed by atoms with van der Waals surface area (Å²) in [5.41, 5.74) is 17.1. The van der Waals surface area contributed by atoms with Crippen LogP contribution in [0.2, 0.25) is 0 Å². The number of nitrogens with two attached hydrogens (primary N) is 2. The number of aromatic nitrogens is 2. The molecule has 1 amide bonds. The van der Waals surface area contributed by atoms with Gasteiger partial charge in [0.05, 0.1) is 11.6 Å². The highest BCUT2D eigenvalue weighted by atomic mass is 79.9. The number of aromatic amines is 1. The molecule has 1 aromatic heterocycles. The highest BCUT2D eigenvalue weighted by molar-refractivity contribution is 9.10. The van der Waals surface area contributed by atoms with Crippen LogP contribution in [0, 0.1) is 11.8 Å². The number of benzene rings is 3. The van der Waals surface area contributed by atoms with Gasteiger partial charge in [-0.25, -0.2) is 0 Å². The number of carbonyl (C=O) groups is 1. The fourth-order valence-electron chi connectivity index (χ4n) is 5.25. The largest absolute Gasteiger partial charge is 0.382 e. The molecular weight excluding hydrogens is 514 g/mol. The number of fused-ring (bicyclic) bond motifs is 1. The molecule has 1 aliphatic rings. The second kappa shape index (κ2) is 10.8. The number of hydrogen-bond acceptors (Lipinski definition) is 4. The molecule has 0 saturated heterocycles. The Morgan fingerprint density at radius 1 is 1.03 bits per heavy atom. The predicted molar refractivity (Wildman–Crippen MR) is 149 cm³/mol. The third kappa shape index (κ3) is 5.47. The van der Waals surface area contributed by atoms with Gasteiger partial charge in [-0.1, -0.05) is 52.3 Å². The van der Waals surface area contributed by atoms with E-state index in [1.807, 2.05) is 24.3 Å². The smallest absolute Gasteiger partial charge is 0.223 e. The van der Waals surface area contributed by atoms with Crippen molar-refractivity contribution in [1.82, 2.24) is 15.5 Å². The van der Waals surface area contributed by atoms with Crippen LogP contribution in [0.15, 0.2) is 71.2 Å². The molecule has 4 aromatic rings. The fraction of sp³-hybridized carbons (Fsp3) is 0.310. The second-order valence-electron chi connectivity index (χ2n) is 9.85. The number of halogens is 1. The van der Waals surface area contributed by atoms with Crippen LogP contribution in [0.4, 0.5) is 5.82 Å². The number of hydrogen-bond donors (Lipinski definition) is 4. The normalized spacial score (nSPS) is 18.7. The molecule has 0 aliphatic heterocycles. The predicted octanol–water partition coefficient (Wildman–Crippen LogP) is 5.74. The van der Waals surface area contributed by atoms with E-state index in [0.717, 1.165) is 64.2 Å². The molecule has 1 unspecified atom stereocenters. The Morgan fingerprint density at radius 2 is 1.81 bits per heavy atom. The maximum Gasteiger partial charge on any atom is 0.223 e. The average Bonchev–Trinajstić information content (AvgIpc) is 3.28. The Labute approximate surface area is 220 Å². The van der Waals surface area contributed by atoms with Gasteiger partial charge < -0.3 is 16.8 Å². The number of H-pyrrole nitrogens is 1. The Bertz CT molecular complexity index is 1340. The summed E-state index contributed by atoms with van der Waals surface area (Å²) >= 11 is 3.71.